The molecule has 5 rings (SSSR count). The van der Waals surface area contributed by atoms with Gasteiger partial charge in [0.15, 0.2) is 6.61 Å². The van der Waals surface area contributed by atoms with Crippen LogP contribution in [0.25, 0.3) is 0 Å². The summed E-state index contributed by atoms with van der Waals surface area (Å²) in [4.78, 5) is 28.8. The molecule has 1 aromatic heterocycles. The molecular weight excluding hydrogens is 434 g/mol. The van der Waals surface area contributed by atoms with Crippen molar-refractivity contribution in [1.29, 1.82) is 0 Å². The fourth-order valence-corrected chi connectivity index (χ4v) is 5.05. The molecule has 1 saturated heterocycles. The normalized spacial score (nSPS) is 17.8. The second-order valence-electron chi connectivity index (χ2n) is 8.17. The quantitative estimate of drug-likeness (QED) is 0.535. The molecule has 3 aromatic rings. The zero-order valence-corrected chi connectivity index (χ0v) is 19.0. The molecule has 1 atom stereocenters. The Morgan fingerprint density at radius 2 is 1.73 bits per heavy atom. The summed E-state index contributed by atoms with van der Waals surface area (Å²) in [6.45, 7) is 1.59. The minimum absolute atomic E-state index is 0.00136. The summed E-state index contributed by atoms with van der Waals surface area (Å²) < 4.78 is 6.01. The number of hydrogen-bond acceptors (Lipinski definition) is 5. The van der Waals surface area contributed by atoms with Gasteiger partial charge in [-0.05, 0) is 42.5 Å². The van der Waals surface area contributed by atoms with Crippen LogP contribution in [-0.4, -0.2) is 47.1 Å². The van der Waals surface area contributed by atoms with Gasteiger partial charge >= 0.3 is 0 Å². The lowest BCUT2D eigenvalue weighted by Crippen LogP contribution is -2.32. The van der Waals surface area contributed by atoms with E-state index in [-0.39, 0.29) is 24.5 Å². The SMILES string of the molecule is O=C(COc1ccccc1[C@H]1CC(c2cccs2)=NN1C(=O)c1ccccc1)N1CCCC1. The van der Waals surface area contributed by atoms with E-state index in [0.29, 0.717) is 17.7 Å². The molecule has 0 spiro atoms. The Morgan fingerprint density at radius 1 is 0.970 bits per heavy atom. The lowest BCUT2D eigenvalue weighted by atomic mass is 9.99. The van der Waals surface area contributed by atoms with Gasteiger partial charge in [0, 0.05) is 30.6 Å². The Hall–Kier alpha value is -3.45. The Morgan fingerprint density at radius 3 is 2.48 bits per heavy atom. The highest BCUT2D eigenvalue weighted by Gasteiger charge is 2.35. The zero-order valence-electron chi connectivity index (χ0n) is 18.2. The van der Waals surface area contributed by atoms with Crippen molar-refractivity contribution >= 4 is 28.9 Å². The summed E-state index contributed by atoms with van der Waals surface area (Å²) >= 11 is 1.61. The average Bonchev–Trinajstić information content (AvgIpc) is 3.64. The van der Waals surface area contributed by atoms with Crippen molar-refractivity contribution in [3.63, 3.8) is 0 Å². The molecule has 1 fully saturated rings. The van der Waals surface area contributed by atoms with Crippen molar-refractivity contribution < 1.29 is 14.3 Å². The van der Waals surface area contributed by atoms with E-state index in [2.05, 4.69) is 0 Å². The minimum Gasteiger partial charge on any atom is -0.483 e. The second-order valence-corrected chi connectivity index (χ2v) is 9.12. The molecule has 168 valence electrons. The van der Waals surface area contributed by atoms with Crippen LogP contribution in [0.3, 0.4) is 0 Å². The summed E-state index contributed by atoms with van der Waals surface area (Å²) in [5, 5.41) is 8.32. The maximum Gasteiger partial charge on any atom is 0.274 e. The van der Waals surface area contributed by atoms with Gasteiger partial charge in [0.1, 0.15) is 5.75 Å². The lowest BCUT2D eigenvalue weighted by Gasteiger charge is -2.24. The van der Waals surface area contributed by atoms with E-state index in [1.54, 1.807) is 28.5 Å². The number of thiophene rings is 1. The van der Waals surface area contributed by atoms with Crippen molar-refractivity contribution in [2.24, 2.45) is 5.10 Å². The van der Waals surface area contributed by atoms with Crippen LogP contribution in [0.1, 0.15) is 46.1 Å². The van der Waals surface area contributed by atoms with E-state index in [0.717, 1.165) is 42.1 Å². The van der Waals surface area contributed by atoms with Crippen molar-refractivity contribution in [3.8, 4) is 5.75 Å². The van der Waals surface area contributed by atoms with Crippen LogP contribution in [0.4, 0.5) is 0 Å². The average molecular weight is 460 g/mol. The molecule has 3 heterocycles. The summed E-state index contributed by atoms with van der Waals surface area (Å²) in [6, 6.07) is 20.5. The van der Waals surface area contributed by atoms with E-state index >= 15 is 0 Å². The van der Waals surface area contributed by atoms with Crippen molar-refractivity contribution in [1.82, 2.24) is 9.91 Å². The number of amides is 2. The number of nitrogens with zero attached hydrogens (tertiary/aromatic N) is 3. The number of hydrogen-bond donors (Lipinski definition) is 0. The maximum atomic E-state index is 13.4. The molecule has 2 amide bonds. The van der Waals surface area contributed by atoms with E-state index < -0.39 is 0 Å². The number of hydrazone groups is 1. The van der Waals surface area contributed by atoms with E-state index in [1.807, 2.05) is 64.9 Å². The summed E-state index contributed by atoms with van der Waals surface area (Å²) in [6.07, 6.45) is 2.67. The van der Waals surface area contributed by atoms with Crippen LogP contribution in [-0.2, 0) is 4.79 Å². The highest BCUT2D eigenvalue weighted by Crippen LogP contribution is 2.39. The van der Waals surface area contributed by atoms with Gasteiger partial charge in [-0.25, -0.2) is 5.01 Å². The predicted octanol–water partition coefficient (Wildman–Crippen LogP) is 4.74. The first-order valence-electron chi connectivity index (χ1n) is 11.2. The van der Waals surface area contributed by atoms with E-state index in [1.165, 1.54) is 0 Å². The van der Waals surface area contributed by atoms with Gasteiger partial charge in [-0.1, -0.05) is 42.5 Å². The van der Waals surface area contributed by atoms with Crippen LogP contribution in [0.5, 0.6) is 5.75 Å². The highest BCUT2D eigenvalue weighted by molar-refractivity contribution is 7.12. The molecule has 0 aliphatic carbocycles. The fraction of sp³-hybridized carbons (Fsp3) is 0.269. The topological polar surface area (TPSA) is 62.2 Å². The molecular formula is C26H25N3O3S. The largest absolute Gasteiger partial charge is 0.483 e. The fourth-order valence-electron chi connectivity index (χ4n) is 4.33. The monoisotopic (exact) mass is 459 g/mol. The molecule has 2 aliphatic heterocycles. The van der Waals surface area contributed by atoms with Crippen LogP contribution >= 0.6 is 11.3 Å². The number of likely N-dealkylation sites (tertiary alicyclic amines) is 1. The van der Waals surface area contributed by atoms with Gasteiger partial charge in [0.2, 0.25) is 0 Å². The smallest absolute Gasteiger partial charge is 0.274 e. The molecule has 7 heteroatoms. The van der Waals surface area contributed by atoms with Crippen molar-refractivity contribution in [3.05, 3.63) is 88.1 Å². The zero-order chi connectivity index (χ0) is 22.6. The number of benzene rings is 2. The first kappa shape index (κ1) is 21.4. The second kappa shape index (κ2) is 9.58. The first-order chi connectivity index (χ1) is 16.2. The van der Waals surface area contributed by atoms with Gasteiger partial charge in [0.05, 0.1) is 16.6 Å². The van der Waals surface area contributed by atoms with Gasteiger partial charge in [-0.3, -0.25) is 9.59 Å². The Balaban J connectivity index is 1.43. The Kier molecular flexibility index (Phi) is 6.21. The molecule has 6 nitrogen and oxygen atoms in total. The van der Waals surface area contributed by atoms with Crippen molar-refractivity contribution in [2.45, 2.75) is 25.3 Å². The van der Waals surface area contributed by atoms with Crippen LogP contribution in [0, 0.1) is 0 Å². The molecule has 0 unspecified atom stereocenters. The minimum atomic E-state index is -0.312. The first-order valence-corrected chi connectivity index (χ1v) is 12.1. The number of rotatable bonds is 6. The summed E-state index contributed by atoms with van der Waals surface area (Å²) in [5.41, 5.74) is 2.31. The van der Waals surface area contributed by atoms with E-state index in [4.69, 9.17) is 9.84 Å². The Labute approximate surface area is 197 Å². The van der Waals surface area contributed by atoms with Crippen LogP contribution < -0.4 is 4.74 Å². The molecule has 0 bridgehead atoms. The predicted molar refractivity (Wildman–Crippen MR) is 129 cm³/mol. The standard InChI is InChI=1S/C26H25N3O3S/c30-25(28-14-6-7-15-28)18-32-23-12-5-4-11-20(23)22-17-21(24-13-8-16-33-24)27-29(22)26(31)19-9-2-1-3-10-19/h1-5,8-13,16,22H,6-7,14-15,17-18H2/t22-/m1/s1. The maximum absolute atomic E-state index is 13.4. The number of carbonyl (C=O) groups is 2. The number of carbonyl (C=O) groups excluding carboxylic acids is 2. The van der Waals surface area contributed by atoms with Gasteiger partial charge in [-0.2, -0.15) is 5.10 Å². The molecule has 0 saturated carbocycles. The number of para-hydroxylation sites is 1. The van der Waals surface area contributed by atoms with Crippen molar-refractivity contribution in [2.75, 3.05) is 19.7 Å². The van der Waals surface area contributed by atoms with Gasteiger partial charge in [-0.15, -0.1) is 11.3 Å². The third-order valence-corrected chi connectivity index (χ3v) is 6.95. The van der Waals surface area contributed by atoms with Crippen LogP contribution in [0.15, 0.2) is 77.2 Å². The van der Waals surface area contributed by atoms with Crippen LogP contribution in [0.2, 0.25) is 0 Å². The van der Waals surface area contributed by atoms with Gasteiger partial charge in [0.25, 0.3) is 11.8 Å². The highest BCUT2D eigenvalue weighted by atomic mass is 32.1. The Bertz CT molecular complexity index is 1150. The molecule has 0 N–H and O–H groups in total. The summed E-state index contributed by atoms with van der Waals surface area (Å²) in [7, 11) is 0. The summed E-state index contributed by atoms with van der Waals surface area (Å²) in [5.74, 6) is 0.458. The molecule has 2 aliphatic rings. The number of ether oxygens (including phenoxy) is 1. The molecule has 0 radical (unpaired) electrons. The van der Waals surface area contributed by atoms with Gasteiger partial charge < -0.3 is 9.64 Å². The van der Waals surface area contributed by atoms with E-state index in [9.17, 15) is 9.59 Å². The third-order valence-electron chi connectivity index (χ3n) is 6.03. The third kappa shape index (κ3) is 4.54. The lowest BCUT2D eigenvalue weighted by molar-refractivity contribution is -0.132. The molecule has 2 aromatic carbocycles. The molecule has 33 heavy (non-hydrogen) atoms.